The third kappa shape index (κ3) is 7.57. The summed E-state index contributed by atoms with van der Waals surface area (Å²) in [6.07, 6.45) is 5.64. The van der Waals surface area contributed by atoms with E-state index >= 15 is 0 Å². The molecule has 1 aliphatic carbocycles. The molecule has 1 fully saturated rings. The molecule has 15 heteroatoms. The maximum Gasteiger partial charge on any atom is 0.264 e. The van der Waals surface area contributed by atoms with Crippen molar-refractivity contribution in [3.05, 3.63) is 71.4 Å². The molecule has 2 aromatic heterocycles. The molecule has 0 spiro atoms. The standard InChI is InChI=1S/C29H32F2N6O4S3/c1-17(2)28-35-26(18-8-13-21(30)24(16-18)37-44(40,41)25-7-5-4-6-22(25)31)27(42-28)23-14-15-32-29(34-23)33-19-9-11-20(12-10-19)36-43(3,38)39/h4-8,13-17,19-20,36-37H,9-12H2,1-3H3,(H,32,33,34)/t19-,20-. The lowest BCUT2D eigenvalue weighted by Gasteiger charge is -2.29. The lowest BCUT2D eigenvalue weighted by atomic mass is 9.92. The van der Waals surface area contributed by atoms with Gasteiger partial charge in [-0.15, -0.1) is 11.3 Å². The molecule has 0 bridgehead atoms. The number of nitrogens with zero attached hydrogens (tertiary/aromatic N) is 3. The molecule has 0 saturated heterocycles. The maximum atomic E-state index is 14.9. The van der Waals surface area contributed by atoms with Crippen molar-refractivity contribution in [3.63, 3.8) is 0 Å². The number of benzene rings is 2. The molecular formula is C29H32F2N6O4S3. The fourth-order valence-electron chi connectivity index (χ4n) is 4.96. The highest BCUT2D eigenvalue weighted by Gasteiger charge is 2.25. The van der Waals surface area contributed by atoms with Crippen LogP contribution in [0.2, 0.25) is 0 Å². The van der Waals surface area contributed by atoms with Gasteiger partial charge >= 0.3 is 0 Å². The molecule has 1 aliphatic rings. The second-order valence-corrected chi connectivity index (χ2v) is 15.4. The Kier molecular flexibility index (Phi) is 9.30. The monoisotopic (exact) mass is 662 g/mol. The molecular weight excluding hydrogens is 631 g/mol. The van der Waals surface area contributed by atoms with Crippen molar-refractivity contribution in [2.75, 3.05) is 16.3 Å². The smallest absolute Gasteiger partial charge is 0.264 e. The Morgan fingerprint density at radius 1 is 0.909 bits per heavy atom. The van der Waals surface area contributed by atoms with Gasteiger partial charge < -0.3 is 5.32 Å². The van der Waals surface area contributed by atoms with Crippen molar-refractivity contribution in [1.82, 2.24) is 19.7 Å². The minimum absolute atomic E-state index is 0.0668. The number of thiazole rings is 1. The van der Waals surface area contributed by atoms with E-state index in [4.69, 9.17) is 9.97 Å². The Bertz CT molecular complexity index is 1880. The number of hydrogen-bond donors (Lipinski definition) is 3. The lowest BCUT2D eigenvalue weighted by Crippen LogP contribution is -2.39. The molecule has 2 heterocycles. The van der Waals surface area contributed by atoms with E-state index in [0.29, 0.717) is 40.6 Å². The molecule has 2 aromatic carbocycles. The van der Waals surface area contributed by atoms with Gasteiger partial charge in [0.15, 0.2) is 0 Å². The van der Waals surface area contributed by atoms with E-state index in [-0.39, 0.29) is 23.7 Å². The molecule has 0 radical (unpaired) electrons. The third-order valence-corrected chi connectivity index (χ3v) is 10.6. The first-order valence-corrected chi connectivity index (χ1v) is 18.1. The van der Waals surface area contributed by atoms with Gasteiger partial charge in [-0.05, 0) is 62.1 Å². The Morgan fingerprint density at radius 3 is 2.30 bits per heavy atom. The van der Waals surface area contributed by atoms with E-state index in [1.807, 2.05) is 13.8 Å². The lowest BCUT2D eigenvalue weighted by molar-refractivity contribution is 0.387. The van der Waals surface area contributed by atoms with Crippen LogP contribution in [-0.4, -0.2) is 50.1 Å². The van der Waals surface area contributed by atoms with Gasteiger partial charge in [0.25, 0.3) is 10.0 Å². The Morgan fingerprint density at radius 2 is 1.61 bits per heavy atom. The van der Waals surface area contributed by atoms with Crippen molar-refractivity contribution in [2.24, 2.45) is 0 Å². The molecule has 0 amide bonds. The average molecular weight is 663 g/mol. The van der Waals surface area contributed by atoms with Gasteiger partial charge in [-0.2, -0.15) is 0 Å². The summed E-state index contributed by atoms with van der Waals surface area (Å²) in [6.45, 7) is 3.99. The normalized spacial score (nSPS) is 17.5. The summed E-state index contributed by atoms with van der Waals surface area (Å²) >= 11 is 1.42. The summed E-state index contributed by atoms with van der Waals surface area (Å²) in [5, 5.41) is 4.16. The van der Waals surface area contributed by atoms with Crippen LogP contribution in [0.25, 0.3) is 21.8 Å². The predicted molar refractivity (Wildman–Crippen MR) is 167 cm³/mol. The summed E-state index contributed by atoms with van der Waals surface area (Å²) < 4.78 is 82.9. The number of rotatable bonds is 10. The highest BCUT2D eigenvalue weighted by atomic mass is 32.2. The summed E-state index contributed by atoms with van der Waals surface area (Å²) in [7, 11) is -7.68. The number of aromatic nitrogens is 3. The van der Waals surface area contributed by atoms with Gasteiger partial charge in [-0.25, -0.2) is 45.3 Å². The largest absolute Gasteiger partial charge is 0.351 e. The molecule has 234 valence electrons. The van der Waals surface area contributed by atoms with E-state index in [1.54, 1.807) is 12.3 Å². The molecule has 44 heavy (non-hydrogen) atoms. The Hall–Kier alpha value is -3.53. The van der Waals surface area contributed by atoms with Crippen LogP contribution in [-0.2, 0) is 20.0 Å². The van der Waals surface area contributed by atoms with Crippen molar-refractivity contribution >= 4 is 43.0 Å². The first-order chi connectivity index (χ1) is 20.8. The summed E-state index contributed by atoms with van der Waals surface area (Å²) in [5.74, 6) is -1.30. The van der Waals surface area contributed by atoms with E-state index in [9.17, 15) is 25.6 Å². The predicted octanol–water partition coefficient (Wildman–Crippen LogP) is 5.74. The quantitative estimate of drug-likeness (QED) is 0.195. The summed E-state index contributed by atoms with van der Waals surface area (Å²) in [4.78, 5) is 14.0. The van der Waals surface area contributed by atoms with Crippen molar-refractivity contribution in [1.29, 1.82) is 0 Å². The summed E-state index contributed by atoms with van der Waals surface area (Å²) in [6, 6.07) is 10.5. The zero-order valence-electron chi connectivity index (χ0n) is 24.2. The number of halogens is 2. The van der Waals surface area contributed by atoms with Gasteiger partial charge in [-0.1, -0.05) is 26.0 Å². The van der Waals surface area contributed by atoms with Gasteiger partial charge in [0.1, 0.15) is 16.5 Å². The van der Waals surface area contributed by atoms with E-state index in [1.165, 1.54) is 35.6 Å². The first kappa shape index (κ1) is 31.9. The molecule has 0 unspecified atom stereocenters. The second-order valence-electron chi connectivity index (χ2n) is 11.0. The van der Waals surface area contributed by atoms with Crippen molar-refractivity contribution < 1.29 is 25.6 Å². The molecule has 3 N–H and O–H groups in total. The first-order valence-electron chi connectivity index (χ1n) is 13.9. The maximum absolute atomic E-state index is 14.9. The van der Waals surface area contributed by atoms with Crippen molar-refractivity contribution in [3.8, 4) is 21.8 Å². The van der Waals surface area contributed by atoms with Gasteiger partial charge in [0.2, 0.25) is 16.0 Å². The summed E-state index contributed by atoms with van der Waals surface area (Å²) in [5.41, 5.74) is 1.16. The fraction of sp³-hybridized carbons (Fsp3) is 0.345. The van der Waals surface area contributed by atoms with Crippen LogP contribution >= 0.6 is 11.3 Å². The second kappa shape index (κ2) is 12.8. The van der Waals surface area contributed by atoms with Crippen LogP contribution in [0.1, 0.15) is 50.5 Å². The minimum atomic E-state index is -4.41. The Balaban J connectivity index is 1.42. The Labute approximate surface area is 259 Å². The van der Waals surface area contributed by atoms with E-state index < -0.39 is 36.6 Å². The van der Waals surface area contributed by atoms with Crippen LogP contribution < -0.4 is 14.8 Å². The zero-order valence-corrected chi connectivity index (χ0v) is 26.7. The highest BCUT2D eigenvalue weighted by Crippen LogP contribution is 2.40. The molecule has 5 rings (SSSR count). The molecule has 1 saturated carbocycles. The number of hydrogen-bond acceptors (Lipinski definition) is 9. The number of sulfonamides is 2. The number of anilines is 2. The molecule has 0 aliphatic heterocycles. The fourth-order valence-corrected chi connectivity index (χ4v) is 8.00. The van der Waals surface area contributed by atoms with Crippen LogP contribution in [0.3, 0.4) is 0 Å². The highest BCUT2D eigenvalue weighted by molar-refractivity contribution is 7.92. The molecule has 4 aromatic rings. The van der Waals surface area contributed by atoms with Crippen LogP contribution in [0.4, 0.5) is 20.4 Å². The average Bonchev–Trinajstić information content (AvgIpc) is 3.41. The van der Waals surface area contributed by atoms with Crippen LogP contribution in [0.5, 0.6) is 0 Å². The van der Waals surface area contributed by atoms with E-state index in [2.05, 4.69) is 19.7 Å². The topological polar surface area (TPSA) is 143 Å². The van der Waals surface area contributed by atoms with Crippen LogP contribution in [0.15, 0.2) is 59.6 Å². The van der Waals surface area contributed by atoms with Crippen LogP contribution in [0, 0.1) is 11.6 Å². The van der Waals surface area contributed by atoms with E-state index in [0.717, 1.165) is 42.3 Å². The van der Waals surface area contributed by atoms with Gasteiger partial charge in [-0.3, -0.25) is 4.72 Å². The minimum Gasteiger partial charge on any atom is -0.351 e. The molecule has 10 nitrogen and oxygen atoms in total. The van der Waals surface area contributed by atoms with Gasteiger partial charge in [0, 0.05) is 29.8 Å². The van der Waals surface area contributed by atoms with Gasteiger partial charge in [0.05, 0.1) is 33.2 Å². The molecule has 0 atom stereocenters. The number of nitrogens with one attached hydrogen (secondary N) is 3. The SMILES string of the molecule is CC(C)c1nc(-c2ccc(F)c(NS(=O)(=O)c3ccccc3F)c2)c(-c2ccnc(N[C@H]3CC[C@H](NS(C)(=O)=O)CC3)n2)s1. The van der Waals surface area contributed by atoms with Crippen molar-refractivity contribution in [2.45, 2.75) is 62.4 Å². The third-order valence-electron chi connectivity index (χ3n) is 7.08. The zero-order chi connectivity index (χ0) is 31.6.